The number of nitrogens with zero attached hydrogens (tertiary/aromatic N) is 1. The Bertz CT molecular complexity index is 695. The summed E-state index contributed by atoms with van der Waals surface area (Å²) in [5.41, 5.74) is -0.00935. The molecule has 0 unspecified atom stereocenters. The van der Waals surface area contributed by atoms with Crippen LogP contribution in [-0.2, 0) is 9.59 Å². The van der Waals surface area contributed by atoms with Gasteiger partial charge in [-0.15, -0.1) is 0 Å². The van der Waals surface area contributed by atoms with Crippen LogP contribution in [0.4, 0.5) is 5.69 Å². The molecular weight excluding hydrogens is 278 g/mol. The van der Waals surface area contributed by atoms with Gasteiger partial charge in [-0.3, -0.25) is 9.59 Å². The predicted octanol–water partition coefficient (Wildman–Crippen LogP) is 2.79. The van der Waals surface area contributed by atoms with Crippen LogP contribution in [0.2, 0.25) is 0 Å². The summed E-state index contributed by atoms with van der Waals surface area (Å²) in [7, 11) is 0. The Kier molecular flexibility index (Phi) is 2.74. The Labute approximate surface area is 129 Å². The van der Waals surface area contributed by atoms with Crippen LogP contribution in [0, 0.1) is 23.2 Å². The number of hydrogen-bond donors (Lipinski definition) is 0. The molecule has 4 nitrogen and oxygen atoms in total. The number of hydrogen-bond acceptors (Lipinski definition) is 3. The lowest BCUT2D eigenvalue weighted by atomic mass is 9.71. The number of imide groups is 1. The van der Waals surface area contributed by atoms with Gasteiger partial charge in [0.25, 0.3) is 0 Å². The fourth-order valence-electron chi connectivity index (χ4n) is 4.45. The first kappa shape index (κ1) is 13.6. The monoisotopic (exact) mass is 297 g/mol. The molecule has 22 heavy (non-hydrogen) atoms. The van der Waals surface area contributed by atoms with Crippen LogP contribution in [0.1, 0.15) is 20.3 Å². The minimum absolute atomic E-state index is 0.0727. The molecule has 2 amide bonds. The third kappa shape index (κ3) is 1.47. The molecule has 2 fully saturated rings. The lowest BCUT2D eigenvalue weighted by molar-refractivity contribution is -0.127. The number of carbonyl (C=O) groups excluding carboxylic acids is 2. The van der Waals surface area contributed by atoms with Crippen LogP contribution in [0.25, 0.3) is 0 Å². The quantitative estimate of drug-likeness (QED) is 0.636. The van der Waals surface area contributed by atoms with E-state index in [9.17, 15) is 9.59 Å². The molecule has 1 aliphatic heterocycles. The van der Waals surface area contributed by atoms with Gasteiger partial charge in [0.2, 0.25) is 11.8 Å². The average Bonchev–Trinajstić information content (AvgIpc) is 3.13. The van der Waals surface area contributed by atoms with E-state index in [1.54, 1.807) is 6.07 Å². The molecule has 2 bridgehead atoms. The molecule has 1 saturated carbocycles. The molecule has 3 aliphatic rings. The maximum Gasteiger partial charge on any atom is 0.241 e. The molecule has 2 aliphatic carbocycles. The molecular formula is C18H19NO3. The van der Waals surface area contributed by atoms with Gasteiger partial charge in [-0.2, -0.15) is 0 Å². The molecule has 0 radical (unpaired) electrons. The van der Waals surface area contributed by atoms with E-state index in [-0.39, 0.29) is 29.6 Å². The highest BCUT2D eigenvalue weighted by molar-refractivity contribution is 6.25. The average molecular weight is 297 g/mol. The van der Waals surface area contributed by atoms with Crippen LogP contribution in [0.3, 0.4) is 0 Å². The highest BCUT2D eigenvalue weighted by Gasteiger charge is 2.67. The Morgan fingerprint density at radius 1 is 1.27 bits per heavy atom. The third-order valence-electron chi connectivity index (χ3n) is 5.52. The van der Waals surface area contributed by atoms with E-state index in [0.29, 0.717) is 18.0 Å². The van der Waals surface area contributed by atoms with Crippen LogP contribution >= 0.6 is 0 Å². The highest BCUT2D eigenvalue weighted by atomic mass is 16.5. The topological polar surface area (TPSA) is 46.6 Å². The number of para-hydroxylation sites is 2. The van der Waals surface area contributed by atoms with Crippen molar-refractivity contribution in [3.63, 3.8) is 0 Å². The van der Waals surface area contributed by atoms with Crippen molar-refractivity contribution in [3.8, 4) is 5.75 Å². The van der Waals surface area contributed by atoms with Gasteiger partial charge in [-0.05, 0) is 44.2 Å². The maximum atomic E-state index is 13.1. The fraction of sp³-hybridized carbons (Fsp3) is 0.444. The molecule has 1 saturated heterocycles. The minimum Gasteiger partial charge on any atom is -0.492 e. The van der Waals surface area contributed by atoms with Crippen LogP contribution in [-0.4, -0.2) is 18.4 Å². The number of rotatable bonds is 3. The first-order valence-electron chi connectivity index (χ1n) is 7.87. The molecule has 4 heteroatoms. The zero-order valence-corrected chi connectivity index (χ0v) is 12.8. The number of carbonyl (C=O) groups is 2. The van der Waals surface area contributed by atoms with Crippen molar-refractivity contribution in [2.24, 2.45) is 23.2 Å². The molecule has 0 aromatic heterocycles. The van der Waals surface area contributed by atoms with Gasteiger partial charge >= 0.3 is 0 Å². The maximum absolute atomic E-state index is 13.1. The van der Waals surface area contributed by atoms with Gasteiger partial charge in [0.05, 0.1) is 23.6 Å². The highest BCUT2D eigenvalue weighted by Crippen LogP contribution is 2.61. The van der Waals surface area contributed by atoms with E-state index in [1.165, 1.54) is 4.90 Å². The van der Waals surface area contributed by atoms with Gasteiger partial charge in [0.1, 0.15) is 5.75 Å². The van der Waals surface area contributed by atoms with Crippen molar-refractivity contribution in [1.29, 1.82) is 0 Å². The van der Waals surface area contributed by atoms with E-state index >= 15 is 0 Å². The summed E-state index contributed by atoms with van der Waals surface area (Å²) in [5, 5.41) is 0. The van der Waals surface area contributed by atoms with Crippen molar-refractivity contribution in [2.75, 3.05) is 11.5 Å². The van der Waals surface area contributed by atoms with Crippen LogP contribution < -0.4 is 9.64 Å². The number of amides is 2. The third-order valence-corrected chi connectivity index (χ3v) is 5.52. The Hall–Kier alpha value is -2.10. The Balaban J connectivity index is 1.80. The van der Waals surface area contributed by atoms with Crippen LogP contribution in [0.15, 0.2) is 36.4 Å². The molecule has 1 heterocycles. The zero-order valence-electron chi connectivity index (χ0n) is 12.8. The normalized spacial score (nSPS) is 35.4. The summed E-state index contributed by atoms with van der Waals surface area (Å²) in [6.07, 6.45) is 5.16. The summed E-state index contributed by atoms with van der Waals surface area (Å²) in [6.45, 7) is 4.35. The largest absolute Gasteiger partial charge is 0.492 e. The van der Waals surface area contributed by atoms with Crippen LogP contribution in [0.5, 0.6) is 5.75 Å². The number of benzene rings is 1. The molecule has 1 aromatic rings. The second kappa shape index (κ2) is 4.45. The van der Waals surface area contributed by atoms with Crippen molar-refractivity contribution in [2.45, 2.75) is 20.3 Å². The second-order valence-electron chi connectivity index (χ2n) is 6.53. The lowest BCUT2D eigenvalue weighted by Crippen LogP contribution is -2.37. The SMILES string of the molecule is CCOc1ccccc1N1C(=O)[C@H]2[C@H]3C=C[C@@H](C3)[C@@]2(C)C1=O. The molecule has 4 atom stereocenters. The van der Waals surface area contributed by atoms with Gasteiger partial charge < -0.3 is 4.74 Å². The zero-order chi connectivity index (χ0) is 15.5. The molecule has 0 spiro atoms. The molecule has 4 rings (SSSR count). The van der Waals surface area contributed by atoms with E-state index in [1.807, 2.05) is 32.0 Å². The van der Waals surface area contributed by atoms with E-state index in [4.69, 9.17) is 4.74 Å². The molecule has 0 N–H and O–H groups in total. The van der Waals surface area contributed by atoms with E-state index in [0.717, 1.165) is 6.42 Å². The van der Waals surface area contributed by atoms with Crippen molar-refractivity contribution < 1.29 is 14.3 Å². The first-order chi connectivity index (χ1) is 10.6. The first-order valence-corrected chi connectivity index (χ1v) is 7.87. The molecule has 1 aromatic carbocycles. The second-order valence-corrected chi connectivity index (χ2v) is 6.53. The number of ether oxygens (including phenoxy) is 1. The molecule has 114 valence electrons. The van der Waals surface area contributed by atoms with Gasteiger partial charge in [-0.25, -0.2) is 4.90 Å². The Morgan fingerprint density at radius 2 is 2.05 bits per heavy atom. The fourth-order valence-corrected chi connectivity index (χ4v) is 4.45. The van der Waals surface area contributed by atoms with Crippen molar-refractivity contribution in [1.82, 2.24) is 0 Å². The van der Waals surface area contributed by atoms with E-state index < -0.39 is 5.41 Å². The smallest absolute Gasteiger partial charge is 0.241 e. The van der Waals surface area contributed by atoms with Crippen molar-refractivity contribution >= 4 is 17.5 Å². The predicted molar refractivity (Wildman–Crippen MR) is 82.4 cm³/mol. The summed E-state index contributed by atoms with van der Waals surface area (Å²) < 4.78 is 5.61. The lowest BCUT2D eigenvalue weighted by Gasteiger charge is -2.28. The summed E-state index contributed by atoms with van der Waals surface area (Å²) in [4.78, 5) is 27.4. The number of anilines is 1. The van der Waals surface area contributed by atoms with Crippen molar-refractivity contribution in [3.05, 3.63) is 36.4 Å². The van der Waals surface area contributed by atoms with Gasteiger partial charge in [0, 0.05) is 0 Å². The summed E-state index contributed by atoms with van der Waals surface area (Å²) in [6, 6.07) is 7.29. The number of fused-ring (bicyclic) bond motifs is 5. The van der Waals surface area contributed by atoms with Gasteiger partial charge in [0.15, 0.2) is 0 Å². The summed E-state index contributed by atoms with van der Waals surface area (Å²) >= 11 is 0. The summed E-state index contributed by atoms with van der Waals surface area (Å²) in [5.74, 6) is 0.613. The minimum atomic E-state index is -0.587. The standard InChI is InChI=1S/C18H19NO3/c1-3-22-14-7-5-4-6-13(14)19-16(20)15-11-8-9-12(10-11)18(15,2)17(19)21/h4-9,11-12,15H,3,10H2,1-2H3/t11-,12-,15+,18+/m0/s1. The van der Waals surface area contributed by atoms with Gasteiger partial charge in [-0.1, -0.05) is 24.3 Å². The number of allylic oxidation sites excluding steroid dienone is 2. The Morgan fingerprint density at radius 3 is 2.77 bits per heavy atom. The van der Waals surface area contributed by atoms with E-state index in [2.05, 4.69) is 12.2 Å².